The number of ether oxygens (including phenoxy) is 1. The van der Waals surface area contributed by atoms with Gasteiger partial charge in [-0.1, -0.05) is 20.3 Å². The normalized spacial score (nSPS) is 13.0. The van der Waals surface area contributed by atoms with Gasteiger partial charge in [0.25, 0.3) is 0 Å². The van der Waals surface area contributed by atoms with Crippen LogP contribution in [0.3, 0.4) is 0 Å². The van der Waals surface area contributed by atoms with Crippen molar-refractivity contribution in [2.75, 3.05) is 14.2 Å². The molecule has 22 heavy (non-hydrogen) atoms. The summed E-state index contributed by atoms with van der Waals surface area (Å²) in [5.74, 6) is 0.527. The Morgan fingerprint density at radius 2 is 2.05 bits per heavy atom. The monoisotopic (exact) mass is 332 g/mol. The molecule has 0 saturated carbocycles. The van der Waals surface area contributed by atoms with Crippen LogP contribution < -0.4 is 5.73 Å². The number of likely N-dealkylation sites (N-methyl/N-ethyl adjacent to an activating group) is 1. The van der Waals surface area contributed by atoms with Gasteiger partial charge in [0.05, 0.1) is 19.7 Å². The molecule has 0 bridgehead atoms. The average Bonchev–Trinajstić information content (AvgIpc) is 2.84. The summed E-state index contributed by atoms with van der Waals surface area (Å²) in [4.78, 5) is 25.2. The molecule has 0 fully saturated rings. The maximum atomic E-state index is 12.2. The van der Waals surface area contributed by atoms with E-state index in [4.69, 9.17) is 10.2 Å². The van der Waals surface area contributed by atoms with Gasteiger partial charge >= 0.3 is 5.97 Å². The Morgan fingerprint density at radius 3 is 2.55 bits per heavy atom. The highest BCUT2D eigenvalue weighted by atomic mass is 35.5. The van der Waals surface area contributed by atoms with Gasteiger partial charge in [-0.2, -0.15) is 0 Å². The number of halogens is 1. The number of aryl methyl sites for hydroxylation is 1. The lowest BCUT2D eigenvalue weighted by atomic mass is 9.99. The van der Waals surface area contributed by atoms with Crippen LogP contribution in [0.15, 0.2) is 10.5 Å². The number of furan rings is 1. The summed E-state index contributed by atoms with van der Waals surface area (Å²) in [6.07, 6.45) is 0.840. The van der Waals surface area contributed by atoms with Crippen molar-refractivity contribution in [1.82, 2.24) is 4.90 Å². The van der Waals surface area contributed by atoms with Crippen molar-refractivity contribution >= 4 is 24.3 Å². The predicted octanol–water partition coefficient (Wildman–Crippen LogP) is 2.13. The Labute approximate surface area is 137 Å². The third-order valence-electron chi connectivity index (χ3n) is 3.69. The van der Waals surface area contributed by atoms with Crippen LogP contribution in [0.5, 0.6) is 0 Å². The second-order valence-corrected chi connectivity index (χ2v) is 5.28. The second kappa shape index (κ2) is 8.80. The third kappa shape index (κ3) is 4.74. The second-order valence-electron chi connectivity index (χ2n) is 5.28. The van der Waals surface area contributed by atoms with E-state index in [-0.39, 0.29) is 30.8 Å². The molecular weight excluding hydrogens is 308 g/mol. The van der Waals surface area contributed by atoms with E-state index in [1.54, 1.807) is 20.0 Å². The maximum Gasteiger partial charge on any atom is 0.341 e. The molecule has 0 radical (unpaired) electrons. The van der Waals surface area contributed by atoms with E-state index < -0.39 is 12.0 Å². The first-order chi connectivity index (χ1) is 9.81. The van der Waals surface area contributed by atoms with Gasteiger partial charge in [0.1, 0.15) is 17.1 Å². The minimum atomic E-state index is -0.531. The van der Waals surface area contributed by atoms with Crippen molar-refractivity contribution in [3.05, 3.63) is 23.2 Å². The van der Waals surface area contributed by atoms with Crippen LogP contribution in [-0.2, 0) is 16.1 Å². The average molecular weight is 333 g/mol. The Kier molecular flexibility index (Phi) is 8.19. The summed E-state index contributed by atoms with van der Waals surface area (Å²) in [6, 6.07) is 1.07. The van der Waals surface area contributed by atoms with Crippen molar-refractivity contribution in [3.63, 3.8) is 0 Å². The molecule has 0 saturated heterocycles. The topological polar surface area (TPSA) is 85.8 Å². The lowest BCUT2D eigenvalue weighted by Crippen LogP contribution is -2.45. The number of methoxy groups -OCH3 is 1. The Bertz CT molecular complexity index is 516. The van der Waals surface area contributed by atoms with Crippen molar-refractivity contribution < 1.29 is 18.7 Å². The number of rotatable bonds is 6. The van der Waals surface area contributed by atoms with Crippen molar-refractivity contribution in [3.8, 4) is 0 Å². The van der Waals surface area contributed by atoms with Crippen LogP contribution in [0, 0.1) is 12.8 Å². The van der Waals surface area contributed by atoms with E-state index in [0.717, 1.165) is 6.42 Å². The molecule has 0 aliphatic rings. The number of esters is 1. The maximum absolute atomic E-state index is 12.2. The summed E-state index contributed by atoms with van der Waals surface area (Å²) in [6.45, 7) is 5.89. The van der Waals surface area contributed by atoms with Crippen LogP contribution in [0.1, 0.15) is 42.1 Å². The number of amides is 1. The van der Waals surface area contributed by atoms with Crippen LogP contribution >= 0.6 is 12.4 Å². The largest absolute Gasteiger partial charge is 0.465 e. The summed E-state index contributed by atoms with van der Waals surface area (Å²) in [7, 11) is 2.98. The zero-order valence-corrected chi connectivity index (χ0v) is 14.5. The smallest absolute Gasteiger partial charge is 0.341 e. The Morgan fingerprint density at radius 1 is 1.45 bits per heavy atom. The van der Waals surface area contributed by atoms with Gasteiger partial charge in [-0.05, 0) is 18.9 Å². The molecule has 2 unspecified atom stereocenters. The molecule has 126 valence electrons. The SMILES string of the molecule is CCC(C)C(N)C(=O)N(C)Cc1cc(C(=O)OC)c(C)o1.Cl. The summed E-state index contributed by atoms with van der Waals surface area (Å²) >= 11 is 0. The molecule has 0 spiro atoms. The zero-order chi connectivity index (χ0) is 16.2. The molecule has 6 nitrogen and oxygen atoms in total. The lowest BCUT2D eigenvalue weighted by molar-refractivity contribution is -0.133. The first-order valence-electron chi connectivity index (χ1n) is 6.99. The number of nitrogens with two attached hydrogens (primary N) is 1. The van der Waals surface area contributed by atoms with E-state index in [0.29, 0.717) is 17.1 Å². The number of carbonyl (C=O) groups is 2. The van der Waals surface area contributed by atoms with Gasteiger partial charge in [-0.15, -0.1) is 12.4 Å². The highest BCUT2D eigenvalue weighted by Gasteiger charge is 2.24. The molecule has 0 aliphatic carbocycles. The summed E-state index contributed by atoms with van der Waals surface area (Å²) < 4.78 is 10.2. The molecule has 1 aromatic heterocycles. The van der Waals surface area contributed by atoms with Crippen molar-refractivity contribution in [1.29, 1.82) is 0 Å². The predicted molar refractivity (Wildman–Crippen MR) is 85.9 cm³/mol. The van der Waals surface area contributed by atoms with Crippen molar-refractivity contribution in [2.45, 2.75) is 39.8 Å². The number of nitrogens with zero attached hydrogens (tertiary/aromatic N) is 1. The number of hydrogen-bond donors (Lipinski definition) is 1. The highest BCUT2D eigenvalue weighted by molar-refractivity contribution is 5.90. The molecule has 1 heterocycles. The molecule has 1 rings (SSSR count). The molecule has 1 amide bonds. The fourth-order valence-corrected chi connectivity index (χ4v) is 2.00. The van der Waals surface area contributed by atoms with E-state index in [1.807, 2.05) is 13.8 Å². The zero-order valence-electron chi connectivity index (χ0n) is 13.7. The lowest BCUT2D eigenvalue weighted by Gasteiger charge is -2.23. The van der Waals surface area contributed by atoms with Crippen LogP contribution in [0.2, 0.25) is 0 Å². The quantitative estimate of drug-likeness (QED) is 0.806. The molecule has 0 aromatic carbocycles. The fourth-order valence-electron chi connectivity index (χ4n) is 2.00. The van der Waals surface area contributed by atoms with Gasteiger partial charge < -0.3 is 19.8 Å². The highest BCUT2D eigenvalue weighted by Crippen LogP contribution is 2.18. The van der Waals surface area contributed by atoms with Crippen LogP contribution in [0.25, 0.3) is 0 Å². The third-order valence-corrected chi connectivity index (χ3v) is 3.69. The molecule has 1 aromatic rings. The van der Waals surface area contributed by atoms with E-state index in [1.165, 1.54) is 12.0 Å². The van der Waals surface area contributed by atoms with Crippen LogP contribution in [0.4, 0.5) is 0 Å². The first-order valence-corrected chi connectivity index (χ1v) is 6.99. The minimum Gasteiger partial charge on any atom is -0.465 e. The number of carbonyl (C=O) groups excluding carboxylic acids is 2. The molecule has 2 atom stereocenters. The van der Waals surface area contributed by atoms with Gasteiger partial charge in [0.2, 0.25) is 5.91 Å². The van der Waals surface area contributed by atoms with Crippen LogP contribution in [-0.4, -0.2) is 37.0 Å². The summed E-state index contributed by atoms with van der Waals surface area (Å²) in [5.41, 5.74) is 6.31. The van der Waals surface area contributed by atoms with Crippen molar-refractivity contribution in [2.24, 2.45) is 11.7 Å². The summed E-state index contributed by atoms with van der Waals surface area (Å²) in [5, 5.41) is 0. The van der Waals surface area contributed by atoms with E-state index in [2.05, 4.69) is 4.74 Å². The Hall–Kier alpha value is -1.53. The standard InChI is InChI=1S/C15H24N2O4.ClH/c1-6-9(2)13(16)14(18)17(4)8-11-7-12(10(3)21-11)15(19)20-5;/h7,9,13H,6,8,16H2,1-5H3;1H. The van der Waals surface area contributed by atoms with Gasteiger partial charge in [0, 0.05) is 7.05 Å². The molecule has 0 aliphatic heterocycles. The van der Waals surface area contributed by atoms with Gasteiger partial charge in [-0.3, -0.25) is 4.79 Å². The van der Waals surface area contributed by atoms with E-state index >= 15 is 0 Å². The first kappa shape index (κ1) is 20.5. The molecule has 2 N–H and O–H groups in total. The molecule has 7 heteroatoms. The fraction of sp³-hybridized carbons (Fsp3) is 0.600. The van der Waals surface area contributed by atoms with E-state index in [9.17, 15) is 9.59 Å². The van der Waals surface area contributed by atoms with Gasteiger partial charge in [-0.25, -0.2) is 4.79 Å². The van der Waals surface area contributed by atoms with Gasteiger partial charge in [0.15, 0.2) is 0 Å². The molecular formula is C15H25ClN2O4. The number of hydrogen-bond acceptors (Lipinski definition) is 5. The Balaban J connectivity index is 0.00000441. The minimum absolute atomic E-state index is 0.